The molecule has 41 heavy (non-hydrogen) atoms. The quantitative estimate of drug-likeness (QED) is 0.192. The van der Waals surface area contributed by atoms with Gasteiger partial charge in [0.25, 0.3) is 5.91 Å². The minimum Gasteiger partial charge on any atom is -0.493 e. The molecule has 5 rings (SSSR count). The fourth-order valence-electron chi connectivity index (χ4n) is 4.39. The fourth-order valence-corrected chi connectivity index (χ4v) is 5.97. The molecule has 5 nitrogen and oxygen atoms in total. The Bertz CT molecular complexity index is 1680. The van der Waals surface area contributed by atoms with Crippen LogP contribution in [-0.4, -0.2) is 18.2 Å². The summed E-state index contributed by atoms with van der Waals surface area (Å²) in [4.78, 5) is 21.1. The standard InChI is InChI=1S/C34H31BrN2O3S/c1-21-11-13-27(15-23(21)3)36-34-37(28-14-12-22(2)24(4)16-28)33(38)31(41-34)19-26-17-29(35)32(30(18-26)39-5)40-20-25-9-7-6-8-10-25/h6-19H,20H2,1-5H3/b31-19-,36-34?. The summed E-state index contributed by atoms with van der Waals surface area (Å²) in [6.07, 6.45) is 1.87. The highest BCUT2D eigenvalue weighted by Gasteiger charge is 2.35. The van der Waals surface area contributed by atoms with Crippen molar-refractivity contribution in [3.8, 4) is 11.5 Å². The lowest BCUT2D eigenvalue weighted by molar-refractivity contribution is -0.113. The number of amides is 1. The smallest absolute Gasteiger partial charge is 0.271 e. The maximum absolute atomic E-state index is 13.9. The van der Waals surface area contributed by atoms with Crippen LogP contribution in [0.25, 0.3) is 6.08 Å². The zero-order valence-corrected chi connectivity index (χ0v) is 26.1. The van der Waals surface area contributed by atoms with E-state index in [1.165, 1.54) is 22.9 Å². The minimum absolute atomic E-state index is 0.125. The third-order valence-corrected chi connectivity index (χ3v) is 8.60. The Kier molecular flexibility index (Phi) is 8.66. The van der Waals surface area contributed by atoms with Crippen LogP contribution in [0.4, 0.5) is 11.4 Å². The van der Waals surface area contributed by atoms with Crippen LogP contribution in [-0.2, 0) is 11.4 Å². The summed E-state index contributed by atoms with van der Waals surface area (Å²) in [6.45, 7) is 8.67. The first-order valence-corrected chi connectivity index (χ1v) is 14.9. The molecule has 4 aromatic rings. The van der Waals surface area contributed by atoms with Crippen LogP contribution >= 0.6 is 27.7 Å². The lowest BCUT2D eigenvalue weighted by Gasteiger charge is -2.17. The molecule has 1 amide bonds. The van der Waals surface area contributed by atoms with E-state index in [0.29, 0.717) is 28.2 Å². The average Bonchev–Trinajstić information content (AvgIpc) is 3.25. The number of hydrogen-bond donors (Lipinski definition) is 0. The van der Waals surface area contributed by atoms with E-state index in [9.17, 15) is 4.79 Å². The molecule has 1 aliphatic heterocycles. The van der Waals surface area contributed by atoms with Gasteiger partial charge in [-0.05, 0) is 131 Å². The van der Waals surface area contributed by atoms with Crippen molar-refractivity contribution in [2.75, 3.05) is 12.0 Å². The Morgan fingerprint density at radius 2 is 1.59 bits per heavy atom. The monoisotopic (exact) mass is 626 g/mol. The third-order valence-electron chi connectivity index (χ3n) is 7.05. The van der Waals surface area contributed by atoms with Crippen LogP contribution in [0, 0.1) is 27.7 Å². The number of methoxy groups -OCH3 is 1. The van der Waals surface area contributed by atoms with Crippen LogP contribution in [0.15, 0.2) is 93.2 Å². The second kappa shape index (κ2) is 12.4. The van der Waals surface area contributed by atoms with Crippen molar-refractivity contribution in [3.05, 3.63) is 122 Å². The molecule has 0 bridgehead atoms. The number of hydrogen-bond acceptors (Lipinski definition) is 5. The molecule has 7 heteroatoms. The van der Waals surface area contributed by atoms with Crippen LogP contribution < -0.4 is 14.4 Å². The van der Waals surface area contributed by atoms with Gasteiger partial charge in [-0.2, -0.15) is 0 Å². The molecule has 0 spiro atoms. The first-order valence-electron chi connectivity index (χ1n) is 13.2. The van der Waals surface area contributed by atoms with Gasteiger partial charge in [-0.1, -0.05) is 42.5 Å². The Morgan fingerprint density at radius 1 is 0.878 bits per heavy atom. The first kappa shape index (κ1) is 28.7. The maximum atomic E-state index is 13.9. The molecule has 1 aliphatic rings. The Balaban J connectivity index is 1.51. The normalized spacial score (nSPS) is 15.2. The number of carbonyl (C=O) groups is 1. The van der Waals surface area contributed by atoms with E-state index in [0.717, 1.165) is 38.1 Å². The molecule has 1 saturated heterocycles. The van der Waals surface area contributed by atoms with Crippen molar-refractivity contribution >= 4 is 56.2 Å². The van der Waals surface area contributed by atoms with Gasteiger partial charge < -0.3 is 9.47 Å². The number of ether oxygens (including phenoxy) is 2. The van der Waals surface area contributed by atoms with Crippen LogP contribution in [0.5, 0.6) is 11.5 Å². The van der Waals surface area contributed by atoms with Crippen LogP contribution in [0.3, 0.4) is 0 Å². The number of amidine groups is 1. The van der Waals surface area contributed by atoms with Gasteiger partial charge in [-0.3, -0.25) is 9.69 Å². The van der Waals surface area contributed by atoms with Crippen LogP contribution in [0.2, 0.25) is 0 Å². The second-order valence-electron chi connectivity index (χ2n) is 9.99. The molecule has 1 heterocycles. The predicted octanol–water partition coefficient (Wildman–Crippen LogP) is 9.08. The van der Waals surface area contributed by atoms with Gasteiger partial charge in [0.1, 0.15) is 6.61 Å². The maximum Gasteiger partial charge on any atom is 0.271 e. The lowest BCUT2D eigenvalue weighted by Crippen LogP contribution is -2.28. The van der Waals surface area contributed by atoms with E-state index in [1.807, 2.05) is 78.9 Å². The highest BCUT2D eigenvalue weighted by molar-refractivity contribution is 9.10. The molecule has 0 atom stereocenters. The van der Waals surface area contributed by atoms with Crippen molar-refractivity contribution in [2.24, 2.45) is 4.99 Å². The molecule has 0 unspecified atom stereocenters. The molecule has 0 aliphatic carbocycles. The number of rotatable bonds is 7. The molecule has 0 N–H and O–H groups in total. The molecule has 4 aromatic carbocycles. The number of halogens is 1. The lowest BCUT2D eigenvalue weighted by atomic mass is 10.1. The van der Waals surface area contributed by atoms with Gasteiger partial charge in [-0.25, -0.2) is 4.99 Å². The summed E-state index contributed by atoms with van der Waals surface area (Å²) in [7, 11) is 1.61. The number of aliphatic imine (C=N–C) groups is 1. The van der Waals surface area contributed by atoms with Gasteiger partial charge in [-0.15, -0.1) is 0 Å². The zero-order chi connectivity index (χ0) is 29.1. The molecular weight excluding hydrogens is 596 g/mol. The highest BCUT2D eigenvalue weighted by atomic mass is 79.9. The highest BCUT2D eigenvalue weighted by Crippen LogP contribution is 2.41. The van der Waals surface area contributed by atoms with Gasteiger partial charge >= 0.3 is 0 Å². The second-order valence-corrected chi connectivity index (χ2v) is 11.9. The topological polar surface area (TPSA) is 51.1 Å². The number of carbonyl (C=O) groups excluding carboxylic acids is 1. The van der Waals surface area contributed by atoms with E-state index < -0.39 is 0 Å². The fraction of sp³-hybridized carbons (Fsp3) is 0.176. The predicted molar refractivity (Wildman–Crippen MR) is 173 cm³/mol. The van der Waals surface area contributed by atoms with Gasteiger partial charge in [0, 0.05) is 0 Å². The zero-order valence-electron chi connectivity index (χ0n) is 23.7. The van der Waals surface area contributed by atoms with Crippen molar-refractivity contribution in [1.29, 1.82) is 0 Å². The molecule has 0 radical (unpaired) electrons. The van der Waals surface area contributed by atoms with Crippen LogP contribution in [0.1, 0.15) is 33.4 Å². The Hall–Kier alpha value is -3.81. The summed E-state index contributed by atoms with van der Waals surface area (Å²) in [6, 6.07) is 25.9. The van der Waals surface area contributed by atoms with Crippen molar-refractivity contribution in [2.45, 2.75) is 34.3 Å². The first-order chi connectivity index (χ1) is 19.7. The summed E-state index contributed by atoms with van der Waals surface area (Å²) in [5.74, 6) is 1.06. The van der Waals surface area contributed by atoms with Gasteiger partial charge in [0.2, 0.25) is 0 Å². The Labute approximate surface area is 254 Å². The molecule has 1 fully saturated rings. The van der Waals surface area contributed by atoms with E-state index in [4.69, 9.17) is 14.5 Å². The summed E-state index contributed by atoms with van der Waals surface area (Å²) >= 11 is 5.01. The number of benzene rings is 4. The van der Waals surface area contributed by atoms with E-state index >= 15 is 0 Å². The average molecular weight is 628 g/mol. The largest absolute Gasteiger partial charge is 0.493 e. The minimum atomic E-state index is -0.125. The third kappa shape index (κ3) is 6.42. The van der Waals surface area contributed by atoms with E-state index in [2.05, 4.69) is 49.7 Å². The summed E-state index contributed by atoms with van der Waals surface area (Å²) in [5.41, 5.74) is 8.10. The van der Waals surface area contributed by atoms with Crippen molar-refractivity contribution < 1.29 is 14.3 Å². The molecule has 0 saturated carbocycles. The number of nitrogens with zero attached hydrogens (tertiary/aromatic N) is 2. The van der Waals surface area contributed by atoms with E-state index in [-0.39, 0.29) is 5.91 Å². The number of anilines is 1. The van der Waals surface area contributed by atoms with E-state index in [1.54, 1.807) is 12.0 Å². The number of aryl methyl sites for hydroxylation is 4. The number of thioether (sulfide) groups is 1. The summed E-state index contributed by atoms with van der Waals surface area (Å²) in [5, 5.41) is 0.613. The summed E-state index contributed by atoms with van der Waals surface area (Å²) < 4.78 is 12.5. The van der Waals surface area contributed by atoms with Gasteiger partial charge in [0.15, 0.2) is 16.7 Å². The Morgan fingerprint density at radius 3 is 2.27 bits per heavy atom. The molecule has 208 valence electrons. The van der Waals surface area contributed by atoms with Gasteiger partial charge in [0.05, 0.1) is 27.9 Å². The molecule has 0 aromatic heterocycles. The SMILES string of the molecule is COc1cc(/C=C2\SC(=Nc3ccc(C)c(C)c3)N(c3ccc(C)c(C)c3)C2=O)cc(Br)c1OCc1ccccc1. The van der Waals surface area contributed by atoms with Crippen molar-refractivity contribution in [3.63, 3.8) is 0 Å². The van der Waals surface area contributed by atoms with Crippen molar-refractivity contribution in [1.82, 2.24) is 0 Å². The molecular formula is C34H31BrN2O3S.